The molecule has 0 heterocycles. The number of methoxy groups -OCH3 is 1. The van der Waals surface area contributed by atoms with Gasteiger partial charge in [0.25, 0.3) is 0 Å². The lowest BCUT2D eigenvalue weighted by Crippen LogP contribution is -2.48. The summed E-state index contributed by atoms with van der Waals surface area (Å²) in [6.07, 6.45) is 0.431. The molecule has 0 spiro atoms. The number of benzene rings is 1. The molecule has 19 heavy (non-hydrogen) atoms. The minimum absolute atomic E-state index is 0. The SMILES string of the molecule is COC(=O)C(C)NC(=O)[C@@H](N)Cc1ccccc1.Cl. The van der Waals surface area contributed by atoms with Crippen molar-refractivity contribution in [1.82, 2.24) is 5.32 Å². The number of carbonyl (C=O) groups is 2. The van der Waals surface area contributed by atoms with Crippen LogP contribution in [-0.4, -0.2) is 31.1 Å². The van der Waals surface area contributed by atoms with E-state index in [9.17, 15) is 9.59 Å². The third-order valence-corrected chi connectivity index (χ3v) is 2.55. The molecular weight excluding hydrogens is 268 g/mol. The number of rotatable bonds is 5. The molecule has 0 aliphatic rings. The maximum Gasteiger partial charge on any atom is 0.328 e. The normalized spacial score (nSPS) is 12.8. The van der Waals surface area contributed by atoms with E-state index in [0.717, 1.165) is 5.56 Å². The van der Waals surface area contributed by atoms with Gasteiger partial charge in [-0.3, -0.25) is 4.79 Å². The smallest absolute Gasteiger partial charge is 0.328 e. The first-order chi connectivity index (χ1) is 8.54. The zero-order chi connectivity index (χ0) is 13.5. The molecule has 106 valence electrons. The summed E-state index contributed by atoms with van der Waals surface area (Å²) in [5.41, 5.74) is 6.75. The van der Waals surface area contributed by atoms with Gasteiger partial charge in [0.15, 0.2) is 0 Å². The fourth-order valence-electron chi connectivity index (χ4n) is 1.52. The molecule has 0 aromatic heterocycles. The molecule has 0 fully saturated rings. The summed E-state index contributed by atoms with van der Waals surface area (Å²) in [6, 6.07) is 8.10. The van der Waals surface area contributed by atoms with Gasteiger partial charge in [-0.15, -0.1) is 12.4 Å². The average Bonchev–Trinajstić information content (AvgIpc) is 2.38. The minimum atomic E-state index is -0.690. The van der Waals surface area contributed by atoms with Gasteiger partial charge in [0.1, 0.15) is 6.04 Å². The van der Waals surface area contributed by atoms with E-state index >= 15 is 0 Å². The van der Waals surface area contributed by atoms with Gasteiger partial charge in [0, 0.05) is 0 Å². The van der Waals surface area contributed by atoms with Crippen LogP contribution in [0.3, 0.4) is 0 Å². The zero-order valence-corrected chi connectivity index (χ0v) is 11.8. The van der Waals surface area contributed by atoms with Crippen LogP contribution >= 0.6 is 12.4 Å². The first-order valence-electron chi connectivity index (χ1n) is 5.72. The van der Waals surface area contributed by atoms with E-state index in [-0.39, 0.29) is 18.3 Å². The van der Waals surface area contributed by atoms with E-state index in [4.69, 9.17) is 5.73 Å². The van der Waals surface area contributed by atoms with Crippen molar-refractivity contribution in [3.63, 3.8) is 0 Å². The quantitative estimate of drug-likeness (QED) is 0.779. The van der Waals surface area contributed by atoms with Gasteiger partial charge in [0.05, 0.1) is 13.2 Å². The standard InChI is InChI=1S/C13H18N2O3.ClH/c1-9(13(17)18-2)15-12(16)11(14)8-10-6-4-3-5-7-10;/h3-7,9,11H,8,14H2,1-2H3,(H,15,16);1H/t9?,11-;/m0./s1. The Morgan fingerprint density at radius 1 is 1.32 bits per heavy atom. The molecule has 0 aliphatic heterocycles. The average molecular weight is 287 g/mol. The molecular formula is C13H19ClN2O3. The molecule has 0 aliphatic carbocycles. The van der Waals surface area contributed by atoms with Gasteiger partial charge in [-0.2, -0.15) is 0 Å². The molecule has 1 unspecified atom stereocenters. The summed E-state index contributed by atoms with van der Waals surface area (Å²) in [5, 5.41) is 2.51. The Morgan fingerprint density at radius 3 is 2.42 bits per heavy atom. The van der Waals surface area contributed by atoms with Gasteiger partial charge in [-0.1, -0.05) is 30.3 Å². The van der Waals surface area contributed by atoms with Crippen LogP contribution in [0.5, 0.6) is 0 Å². The molecule has 0 bridgehead atoms. The molecule has 1 amide bonds. The summed E-state index contributed by atoms with van der Waals surface area (Å²) in [7, 11) is 1.27. The Kier molecular flexibility index (Phi) is 7.79. The summed E-state index contributed by atoms with van der Waals surface area (Å²) in [6.45, 7) is 1.55. The van der Waals surface area contributed by atoms with Crippen LogP contribution in [-0.2, 0) is 20.7 Å². The highest BCUT2D eigenvalue weighted by Crippen LogP contribution is 2.02. The number of amides is 1. The molecule has 0 saturated carbocycles. The predicted molar refractivity (Wildman–Crippen MR) is 75.0 cm³/mol. The van der Waals surface area contributed by atoms with Crippen LogP contribution in [0.15, 0.2) is 30.3 Å². The number of hydrogen-bond acceptors (Lipinski definition) is 4. The van der Waals surface area contributed by atoms with Gasteiger partial charge in [-0.25, -0.2) is 4.79 Å². The second-order valence-electron chi connectivity index (χ2n) is 4.05. The lowest BCUT2D eigenvalue weighted by Gasteiger charge is -2.15. The highest BCUT2D eigenvalue weighted by Gasteiger charge is 2.20. The number of ether oxygens (including phenoxy) is 1. The minimum Gasteiger partial charge on any atom is -0.467 e. The zero-order valence-electron chi connectivity index (χ0n) is 11.0. The first kappa shape index (κ1) is 17.4. The van der Waals surface area contributed by atoms with Crippen LogP contribution in [0.4, 0.5) is 0 Å². The highest BCUT2D eigenvalue weighted by molar-refractivity contribution is 5.87. The number of carbonyl (C=O) groups excluding carboxylic acids is 2. The van der Waals surface area contributed by atoms with Gasteiger partial charge in [-0.05, 0) is 18.9 Å². The first-order valence-corrected chi connectivity index (χ1v) is 5.72. The monoisotopic (exact) mass is 286 g/mol. The van der Waals surface area contributed by atoms with E-state index in [2.05, 4.69) is 10.1 Å². The Morgan fingerprint density at radius 2 is 1.89 bits per heavy atom. The molecule has 0 radical (unpaired) electrons. The Labute approximate surface area is 118 Å². The summed E-state index contributed by atoms with van der Waals surface area (Å²) < 4.78 is 4.52. The van der Waals surface area contributed by atoms with E-state index in [1.807, 2.05) is 30.3 Å². The number of halogens is 1. The molecule has 5 nitrogen and oxygen atoms in total. The number of hydrogen-bond donors (Lipinski definition) is 2. The van der Waals surface area contributed by atoms with Crippen LogP contribution in [0.1, 0.15) is 12.5 Å². The second-order valence-corrected chi connectivity index (χ2v) is 4.05. The topological polar surface area (TPSA) is 81.4 Å². The Bertz CT molecular complexity index is 412. The van der Waals surface area contributed by atoms with E-state index < -0.39 is 18.1 Å². The van der Waals surface area contributed by atoms with E-state index in [1.54, 1.807) is 6.92 Å². The van der Waals surface area contributed by atoms with Gasteiger partial charge < -0.3 is 15.8 Å². The van der Waals surface area contributed by atoms with Crippen molar-refractivity contribution in [2.45, 2.75) is 25.4 Å². The van der Waals surface area contributed by atoms with Crippen molar-refractivity contribution in [3.05, 3.63) is 35.9 Å². The lowest BCUT2D eigenvalue weighted by molar-refractivity contribution is -0.144. The van der Waals surface area contributed by atoms with Crippen LogP contribution < -0.4 is 11.1 Å². The van der Waals surface area contributed by atoms with Crippen molar-refractivity contribution < 1.29 is 14.3 Å². The third kappa shape index (κ3) is 5.72. The summed E-state index contributed by atoms with van der Waals surface area (Å²) in [4.78, 5) is 22.9. The van der Waals surface area contributed by atoms with E-state index in [1.165, 1.54) is 7.11 Å². The van der Waals surface area contributed by atoms with Crippen LogP contribution in [0.25, 0.3) is 0 Å². The Hall–Kier alpha value is -1.59. The van der Waals surface area contributed by atoms with Crippen molar-refractivity contribution in [2.24, 2.45) is 5.73 Å². The molecule has 1 rings (SSSR count). The third-order valence-electron chi connectivity index (χ3n) is 2.55. The molecule has 6 heteroatoms. The maximum absolute atomic E-state index is 11.7. The van der Waals surface area contributed by atoms with Crippen LogP contribution in [0, 0.1) is 0 Å². The van der Waals surface area contributed by atoms with Crippen molar-refractivity contribution in [2.75, 3.05) is 7.11 Å². The number of esters is 1. The lowest BCUT2D eigenvalue weighted by atomic mass is 10.1. The van der Waals surface area contributed by atoms with Gasteiger partial charge in [0.2, 0.25) is 5.91 Å². The largest absolute Gasteiger partial charge is 0.467 e. The molecule has 3 N–H and O–H groups in total. The fraction of sp³-hybridized carbons (Fsp3) is 0.385. The number of nitrogens with two attached hydrogens (primary N) is 1. The van der Waals surface area contributed by atoms with Gasteiger partial charge >= 0.3 is 5.97 Å². The fourth-order valence-corrected chi connectivity index (χ4v) is 1.52. The Balaban J connectivity index is 0.00000324. The maximum atomic E-state index is 11.7. The molecule has 0 saturated heterocycles. The summed E-state index contributed by atoms with van der Waals surface area (Å²) >= 11 is 0. The predicted octanol–water partition coefficient (Wildman–Crippen LogP) is 0.656. The van der Waals surface area contributed by atoms with Crippen molar-refractivity contribution in [3.8, 4) is 0 Å². The van der Waals surface area contributed by atoms with Crippen LogP contribution in [0.2, 0.25) is 0 Å². The molecule has 1 aromatic rings. The van der Waals surface area contributed by atoms with Crippen molar-refractivity contribution in [1.29, 1.82) is 0 Å². The molecule has 1 aromatic carbocycles. The van der Waals surface area contributed by atoms with E-state index in [0.29, 0.717) is 6.42 Å². The molecule has 2 atom stereocenters. The second kappa shape index (κ2) is 8.50. The van der Waals surface area contributed by atoms with Crippen molar-refractivity contribution >= 4 is 24.3 Å². The highest BCUT2D eigenvalue weighted by atomic mass is 35.5. The summed E-state index contributed by atoms with van der Waals surface area (Å²) in [5.74, 6) is -0.855. The number of nitrogens with one attached hydrogen (secondary N) is 1.